The Kier molecular flexibility index (Phi) is 3.78. The molecule has 0 unspecified atom stereocenters. The van der Waals surface area contributed by atoms with Gasteiger partial charge in [0.2, 0.25) is 11.7 Å². The maximum atomic E-state index is 13.5. The molecular weight excluding hydrogens is 309 g/mol. The molecule has 0 spiro atoms. The molecule has 0 N–H and O–H groups in total. The third-order valence-corrected chi connectivity index (χ3v) is 4.18. The fraction of sp³-hybridized carbons (Fsp3) is 0.294. The Morgan fingerprint density at radius 2 is 2.08 bits per heavy atom. The lowest BCUT2D eigenvalue weighted by atomic mass is 10.2. The van der Waals surface area contributed by atoms with Crippen LogP contribution in [0.4, 0.5) is 4.39 Å². The average molecular weight is 325 g/mol. The van der Waals surface area contributed by atoms with E-state index in [1.165, 1.54) is 0 Å². The standard InChI is InChI=1S/C17H16FN5O/c1-23-10-12(18)8-15(23)17-21-16(22-24-17)14-6-5-11(9-20-14)13-4-2-3-7-19-13/h2-7,9,12,15H,8,10H2,1H3/t12-,15+/m0/s1. The second-order valence-corrected chi connectivity index (χ2v) is 5.89. The van der Waals surface area contributed by atoms with Crippen LogP contribution in [0.3, 0.4) is 0 Å². The third-order valence-electron chi connectivity index (χ3n) is 4.18. The summed E-state index contributed by atoms with van der Waals surface area (Å²) in [5.74, 6) is 0.844. The summed E-state index contributed by atoms with van der Waals surface area (Å²) < 4.78 is 18.8. The van der Waals surface area contributed by atoms with Crippen LogP contribution in [-0.2, 0) is 0 Å². The van der Waals surface area contributed by atoms with Crippen molar-refractivity contribution in [2.75, 3.05) is 13.6 Å². The Bertz CT molecular complexity index is 821. The molecule has 3 aromatic rings. The Morgan fingerprint density at radius 3 is 2.75 bits per heavy atom. The number of halogens is 1. The minimum atomic E-state index is -0.855. The number of alkyl halides is 1. The summed E-state index contributed by atoms with van der Waals surface area (Å²) in [6.07, 6.45) is 2.99. The van der Waals surface area contributed by atoms with Crippen molar-refractivity contribution in [2.45, 2.75) is 18.6 Å². The predicted molar refractivity (Wildman–Crippen MR) is 85.6 cm³/mol. The summed E-state index contributed by atoms with van der Waals surface area (Å²) in [4.78, 5) is 15.0. The first-order valence-electron chi connectivity index (χ1n) is 7.76. The lowest BCUT2D eigenvalue weighted by Crippen LogP contribution is -2.18. The van der Waals surface area contributed by atoms with Gasteiger partial charge in [0, 0.05) is 30.9 Å². The van der Waals surface area contributed by atoms with Crippen LogP contribution in [-0.4, -0.2) is 44.8 Å². The van der Waals surface area contributed by atoms with Gasteiger partial charge in [0.1, 0.15) is 11.9 Å². The summed E-state index contributed by atoms with van der Waals surface area (Å²) >= 11 is 0. The van der Waals surface area contributed by atoms with E-state index in [0.29, 0.717) is 30.4 Å². The number of nitrogens with zero attached hydrogens (tertiary/aromatic N) is 5. The fourth-order valence-electron chi connectivity index (χ4n) is 2.91. The van der Waals surface area contributed by atoms with Gasteiger partial charge >= 0.3 is 0 Å². The molecule has 6 nitrogen and oxygen atoms in total. The van der Waals surface area contributed by atoms with Gasteiger partial charge in [-0.3, -0.25) is 14.9 Å². The summed E-state index contributed by atoms with van der Waals surface area (Å²) in [5.41, 5.74) is 2.38. The van der Waals surface area contributed by atoms with Crippen LogP contribution in [0.5, 0.6) is 0 Å². The van der Waals surface area contributed by atoms with Gasteiger partial charge in [-0.2, -0.15) is 4.98 Å². The van der Waals surface area contributed by atoms with Crippen LogP contribution in [0.15, 0.2) is 47.2 Å². The number of rotatable bonds is 3. The highest BCUT2D eigenvalue weighted by Crippen LogP contribution is 2.32. The highest BCUT2D eigenvalue weighted by atomic mass is 19.1. The molecule has 122 valence electrons. The summed E-state index contributed by atoms with van der Waals surface area (Å²) in [7, 11) is 1.86. The molecule has 1 fully saturated rings. The minimum Gasteiger partial charge on any atom is -0.337 e. The van der Waals surface area contributed by atoms with Gasteiger partial charge in [0.15, 0.2) is 0 Å². The van der Waals surface area contributed by atoms with E-state index in [1.54, 1.807) is 12.4 Å². The third kappa shape index (κ3) is 2.78. The van der Waals surface area contributed by atoms with E-state index in [2.05, 4.69) is 20.1 Å². The lowest BCUT2D eigenvalue weighted by molar-refractivity contribution is 0.243. The molecule has 4 rings (SSSR count). The van der Waals surface area contributed by atoms with Gasteiger partial charge in [-0.1, -0.05) is 11.2 Å². The van der Waals surface area contributed by atoms with Crippen molar-refractivity contribution in [3.63, 3.8) is 0 Å². The molecule has 0 aromatic carbocycles. The Balaban J connectivity index is 1.57. The largest absolute Gasteiger partial charge is 0.337 e. The summed E-state index contributed by atoms with van der Waals surface area (Å²) in [6.45, 7) is 0.388. The highest BCUT2D eigenvalue weighted by Gasteiger charge is 2.34. The van der Waals surface area contributed by atoms with E-state index in [9.17, 15) is 4.39 Å². The van der Waals surface area contributed by atoms with Crippen molar-refractivity contribution in [3.05, 3.63) is 48.6 Å². The van der Waals surface area contributed by atoms with Crippen molar-refractivity contribution in [1.82, 2.24) is 25.0 Å². The van der Waals surface area contributed by atoms with Gasteiger partial charge < -0.3 is 4.52 Å². The molecule has 0 amide bonds. The average Bonchev–Trinajstić information content (AvgIpc) is 3.22. The van der Waals surface area contributed by atoms with Gasteiger partial charge in [-0.25, -0.2) is 4.39 Å². The van der Waals surface area contributed by atoms with E-state index < -0.39 is 6.17 Å². The van der Waals surface area contributed by atoms with E-state index >= 15 is 0 Å². The van der Waals surface area contributed by atoms with E-state index in [1.807, 2.05) is 42.3 Å². The Morgan fingerprint density at radius 1 is 1.17 bits per heavy atom. The van der Waals surface area contributed by atoms with Gasteiger partial charge in [-0.05, 0) is 31.3 Å². The Labute approximate surface area is 138 Å². The monoisotopic (exact) mass is 325 g/mol. The number of likely N-dealkylation sites (tertiary alicyclic amines) is 1. The second-order valence-electron chi connectivity index (χ2n) is 5.89. The normalized spacial score (nSPS) is 21.2. The van der Waals surface area contributed by atoms with Crippen LogP contribution < -0.4 is 0 Å². The van der Waals surface area contributed by atoms with Crippen LogP contribution in [0, 0.1) is 0 Å². The van der Waals surface area contributed by atoms with Crippen LogP contribution in [0.1, 0.15) is 18.4 Å². The first-order valence-corrected chi connectivity index (χ1v) is 7.76. The number of hydrogen-bond acceptors (Lipinski definition) is 6. The van der Waals surface area contributed by atoms with Gasteiger partial charge in [-0.15, -0.1) is 0 Å². The van der Waals surface area contributed by atoms with Crippen LogP contribution in [0.25, 0.3) is 22.8 Å². The molecule has 0 aliphatic carbocycles. The van der Waals surface area contributed by atoms with Gasteiger partial charge in [0.25, 0.3) is 0 Å². The zero-order valence-electron chi connectivity index (χ0n) is 13.1. The van der Waals surface area contributed by atoms with Crippen molar-refractivity contribution >= 4 is 0 Å². The second kappa shape index (κ2) is 6.09. The molecule has 7 heteroatoms. The molecule has 0 bridgehead atoms. The number of pyridine rings is 2. The molecule has 24 heavy (non-hydrogen) atoms. The number of aromatic nitrogens is 4. The topological polar surface area (TPSA) is 67.9 Å². The lowest BCUT2D eigenvalue weighted by Gasteiger charge is -2.13. The molecule has 4 heterocycles. The van der Waals surface area contributed by atoms with Crippen molar-refractivity contribution in [3.8, 4) is 22.8 Å². The van der Waals surface area contributed by atoms with E-state index in [4.69, 9.17) is 4.52 Å². The fourth-order valence-corrected chi connectivity index (χ4v) is 2.91. The first-order chi connectivity index (χ1) is 11.7. The zero-order chi connectivity index (χ0) is 16.5. The molecule has 3 aromatic heterocycles. The zero-order valence-corrected chi connectivity index (χ0v) is 13.1. The minimum absolute atomic E-state index is 0.172. The van der Waals surface area contributed by atoms with Crippen LogP contribution in [0.2, 0.25) is 0 Å². The smallest absolute Gasteiger partial charge is 0.244 e. The highest BCUT2D eigenvalue weighted by molar-refractivity contribution is 5.60. The maximum absolute atomic E-state index is 13.5. The van der Waals surface area contributed by atoms with Crippen molar-refractivity contribution in [1.29, 1.82) is 0 Å². The maximum Gasteiger partial charge on any atom is 0.244 e. The summed E-state index contributed by atoms with van der Waals surface area (Å²) in [6, 6.07) is 9.29. The molecule has 0 radical (unpaired) electrons. The predicted octanol–water partition coefficient (Wildman–Crippen LogP) is 2.91. The van der Waals surface area contributed by atoms with Crippen molar-refractivity contribution < 1.29 is 8.91 Å². The van der Waals surface area contributed by atoms with E-state index in [-0.39, 0.29) is 6.04 Å². The van der Waals surface area contributed by atoms with Crippen LogP contribution >= 0.6 is 0 Å². The quantitative estimate of drug-likeness (QED) is 0.737. The first kappa shape index (κ1) is 14.9. The molecular formula is C17H16FN5O. The molecule has 1 saturated heterocycles. The van der Waals surface area contributed by atoms with Gasteiger partial charge in [0.05, 0.1) is 11.7 Å². The van der Waals surface area contributed by atoms with Crippen molar-refractivity contribution in [2.24, 2.45) is 0 Å². The molecule has 0 saturated carbocycles. The molecule has 2 atom stereocenters. The molecule has 1 aliphatic heterocycles. The Hall–Kier alpha value is -2.67. The molecule has 1 aliphatic rings. The number of hydrogen-bond donors (Lipinski definition) is 0. The SMILES string of the molecule is CN1C[C@@H](F)C[C@@H]1c1nc(-c2ccc(-c3ccccn3)cn2)no1. The van der Waals surface area contributed by atoms with E-state index in [0.717, 1.165) is 11.3 Å². The summed E-state index contributed by atoms with van der Waals surface area (Å²) in [5, 5.41) is 3.98.